The van der Waals surface area contributed by atoms with Gasteiger partial charge in [-0.2, -0.15) is 21.4 Å². The van der Waals surface area contributed by atoms with E-state index in [0.29, 0.717) is 43.6 Å². The summed E-state index contributed by atoms with van der Waals surface area (Å²) in [5.41, 5.74) is 4.28. The average Bonchev–Trinajstić information content (AvgIpc) is 3.45. The number of aliphatic carboxylic acids is 2. The van der Waals surface area contributed by atoms with E-state index in [2.05, 4.69) is 62.7 Å². The average molecular weight is 1050 g/mol. The number of nitrogens with zero attached hydrogens (tertiary/aromatic N) is 2. The largest absolute Gasteiger partial charge is 0.481 e. The maximum absolute atomic E-state index is 12.2. The molecule has 0 fully saturated rings. The number of carboxylic acids is 2. The zero-order valence-corrected chi connectivity index (χ0v) is 38.1. The van der Waals surface area contributed by atoms with Crippen molar-refractivity contribution in [3.8, 4) is 0 Å². The van der Waals surface area contributed by atoms with Crippen LogP contribution in [0.5, 0.6) is 0 Å². The molecular weight excluding hydrogens is 998 g/mol. The Hall–Kier alpha value is -2.91. The lowest BCUT2D eigenvalue weighted by Crippen LogP contribution is -2.32. The van der Waals surface area contributed by atoms with Crippen molar-refractivity contribution in [2.24, 2.45) is 0 Å². The van der Waals surface area contributed by atoms with Gasteiger partial charge in [0.05, 0.1) is 11.2 Å². The summed E-state index contributed by atoms with van der Waals surface area (Å²) in [5, 5.41) is 18.2. The zero-order valence-electron chi connectivity index (χ0n) is 32.1. The maximum Gasteiger partial charge on any atom is 0.303 e. The second-order valence-electron chi connectivity index (χ2n) is 14.9. The second kappa shape index (κ2) is 20.4. The van der Waals surface area contributed by atoms with Crippen molar-refractivity contribution in [3.63, 3.8) is 0 Å². The number of anilines is 1. The fraction of sp³-hybridized carbons (Fsp3) is 0.439. The van der Waals surface area contributed by atoms with Gasteiger partial charge >= 0.3 is 11.9 Å². The first-order valence-corrected chi connectivity index (χ1v) is 24.2. The van der Waals surface area contributed by atoms with E-state index in [1.165, 1.54) is 0 Å². The van der Waals surface area contributed by atoms with Crippen molar-refractivity contribution in [2.45, 2.75) is 95.3 Å². The van der Waals surface area contributed by atoms with Crippen molar-refractivity contribution in [3.05, 3.63) is 103 Å². The fourth-order valence-corrected chi connectivity index (χ4v) is 9.95. The molecule has 0 saturated heterocycles. The lowest BCUT2D eigenvalue weighted by Gasteiger charge is -2.30. The maximum atomic E-state index is 12.2. The molecule has 12 nitrogen and oxygen atoms in total. The molecule has 57 heavy (non-hydrogen) atoms. The minimum Gasteiger partial charge on any atom is -0.481 e. The molecule has 0 bridgehead atoms. The molecule has 2 aliphatic rings. The number of hydrogen-bond donors (Lipinski definition) is 4. The molecule has 0 saturated carbocycles. The molecule has 2 atom stereocenters. The first-order valence-electron chi connectivity index (χ1n) is 18.8. The number of hydrogen-bond acceptors (Lipinski definition) is 7. The van der Waals surface area contributed by atoms with E-state index < -0.39 is 48.9 Å². The molecule has 0 aromatic heterocycles. The normalized spacial score (nSPS) is 20.5. The van der Waals surface area contributed by atoms with Gasteiger partial charge in [0, 0.05) is 60.9 Å². The van der Waals surface area contributed by atoms with Gasteiger partial charge in [0.2, 0.25) is 5.69 Å². The van der Waals surface area contributed by atoms with Crippen LogP contribution in [0.1, 0.15) is 95.6 Å². The van der Waals surface area contributed by atoms with Gasteiger partial charge in [-0.25, -0.2) is 0 Å². The van der Waals surface area contributed by atoms with E-state index in [4.69, 9.17) is 10.2 Å². The third-order valence-electron chi connectivity index (χ3n) is 10.6. The Balaban J connectivity index is 1.65. The molecule has 2 aromatic rings. The number of carboxylic acid groups (broad SMARTS) is 2. The summed E-state index contributed by atoms with van der Waals surface area (Å²) >= 11 is 4.49. The van der Waals surface area contributed by atoms with Crippen molar-refractivity contribution in [1.82, 2.24) is 0 Å². The third-order valence-corrected chi connectivity index (χ3v) is 13.3. The Bertz CT molecular complexity index is 2200. The van der Waals surface area contributed by atoms with E-state index in [1.54, 1.807) is 4.90 Å². The molecule has 2 heterocycles. The van der Waals surface area contributed by atoms with Crippen LogP contribution in [0.25, 0.3) is 0 Å². The fourth-order valence-electron chi connectivity index (χ4n) is 7.87. The van der Waals surface area contributed by atoms with Crippen molar-refractivity contribution >= 4 is 94.4 Å². The van der Waals surface area contributed by atoms with E-state index in [9.17, 15) is 35.5 Å². The monoisotopic (exact) mass is 1050 g/mol. The van der Waals surface area contributed by atoms with E-state index in [1.807, 2.05) is 79.8 Å². The van der Waals surface area contributed by atoms with Crippen LogP contribution in [0, 0.1) is 7.14 Å². The van der Waals surface area contributed by atoms with Crippen LogP contribution in [-0.2, 0) is 40.7 Å². The number of benzene rings is 2. The predicted molar refractivity (Wildman–Crippen MR) is 240 cm³/mol. The number of halogens is 2. The number of rotatable bonds is 22. The molecule has 310 valence electrons. The van der Waals surface area contributed by atoms with Crippen LogP contribution < -0.4 is 4.90 Å². The van der Waals surface area contributed by atoms with Crippen LogP contribution in [-0.4, -0.2) is 76.6 Å². The molecule has 2 aliphatic heterocycles. The first kappa shape index (κ1) is 46.8. The molecule has 2 aromatic carbocycles. The van der Waals surface area contributed by atoms with E-state index in [-0.39, 0.29) is 25.0 Å². The SMILES string of the molecule is CC1(CCCCCC(=O)O)C(/C=C/C=C/C=C/C=C2\N(CS(=O)(=O)O)c3ccc(I)cc3C2(C)CCCCCC(=O)O)=[N+](CCCS(=O)(=O)O)c2ccc(I)cc21. The summed E-state index contributed by atoms with van der Waals surface area (Å²) in [4.78, 5) is 23.8. The summed E-state index contributed by atoms with van der Waals surface area (Å²) in [6.45, 7) is 4.56. The van der Waals surface area contributed by atoms with Crippen LogP contribution in [0.2, 0.25) is 0 Å². The quantitative estimate of drug-likeness (QED) is 0.0290. The van der Waals surface area contributed by atoms with Gasteiger partial charge in [-0.05, 0) is 127 Å². The summed E-state index contributed by atoms with van der Waals surface area (Å²) in [6.07, 6.45) is 18.9. The van der Waals surface area contributed by atoms with Gasteiger partial charge < -0.3 is 15.1 Å². The third kappa shape index (κ3) is 13.0. The Morgan fingerprint density at radius 1 is 0.719 bits per heavy atom. The molecule has 4 N–H and O–H groups in total. The molecular formula is C41H51I2N2O10S2+. The van der Waals surface area contributed by atoms with Crippen LogP contribution >= 0.6 is 45.2 Å². The van der Waals surface area contributed by atoms with Crippen molar-refractivity contribution < 1.29 is 50.3 Å². The van der Waals surface area contributed by atoms with Gasteiger partial charge in [0.25, 0.3) is 20.2 Å². The predicted octanol–water partition coefficient (Wildman–Crippen LogP) is 8.78. The smallest absolute Gasteiger partial charge is 0.303 e. The summed E-state index contributed by atoms with van der Waals surface area (Å²) in [6, 6.07) is 11.9. The lowest BCUT2D eigenvalue weighted by atomic mass is 9.75. The summed E-state index contributed by atoms with van der Waals surface area (Å²) in [5.74, 6) is -2.66. The highest BCUT2D eigenvalue weighted by Gasteiger charge is 2.47. The molecule has 4 rings (SSSR count). The highest BCUT2D eigenvalue weighted by atomic mass is 127. The minimum atomic E-state index is -4.40. The molecule has 0 radical (unpaired) electrons. The van der Waals surface area contributed by atoms with Gasteiger partial charge in [-0.15, -0.1) is 0 Å². The van der Waals surface area contributed by atoms with Crippen LogP contribution in [0.4, 0.5) is 11.4 Å². The molecule has 16 heteroatoms. The number of carbonyl (C=O) groups is 2. The Kier molecular flexibility index (Phi) is 16.7. The zero-order chi connectivity index (χ0) is 42.0. The first-order chi connectivity index (χ1) is 26.7. The van der Waals surface area contributed by atoms with Crippen molar-refractivity contribution in [2.75, 3.05) is 23.1 Å². The van der Waals surface area contributed by atoms with Gasteiger partial charge in [0.15, 0.2) is 11.6 Å². The number of allylic oxidation sites excluding steroid dienone is 8. The lowest BCUT2D eigenvalue weighted by molar-refractivity contribution is -0.437. The van der Waals surface area contributed by atoms with Gasteiger partial charge in [0.1, 0.15) is 6.54 Å². The van der Waals surface area contributed by atoms with Crippen molar-refractivity contribution in [1.29, 1.82) is 0 Å². The summed E-state index contributed by atoms with van der Waals surface area (Å²) < 4.78 is 71.2. The second-order valence-corrected chi connectivity index (χ2v) is 20.4. The highest BCUT2D eigenvalue weighted by molar-refractivity contribution is 14.1. The van der Waals surface area contributed by atoms with Gasteiger partial charge in [-0.3, -0.25) is 18.7 Å². The Labute approximate surface area is 363 Å². The topological polar surface area (TPSA) is 190 Å². The molecule has 0 amide bonds. The number of fused-ring (bicyclic) bond motifs is 2. The van der Waals surface area contributed by atoms with E-state index >= 15 is 0 Å². The minimum absolute atomic E-state index is 0.0811. The standard InChI is InChI=1S/C41H50I2N2O10S2/c1-40(23-12-6-10-17-38(46)47)32-27-30(42)19-21-34(32)44(25-14-26-56(50,51)52)36(40)15-8-4-3-5-9-16-37-41(2,24-13-7-11-18-39(48)49)33-28-31(43)20-22-35(33)45(37)29-57(53,54)55/h3-5,8-9,15-16,19-22,27-28H,6-7,10-14,17-18,23-26,29H2,1-2H3,(H3-,46,47,48,49,50,51,52,53,54,55)/p+1. The van der Waals surface area contributed by atoms with Crippen LogP contribution in [0.15, 0.2) is 84.6 Å². The van der Waals surface area contributed by atoms with E-state index in [0.717, 1.165) is 55.3 Å². The summed E-state index contributed by atoms with van der Waals surface area (Å²) in [7, 11) is -8.55. The number of unbranched alkanes of at least 4 members (excludes halogenated alkanes) is 4. The van der Waals surface area contributed by atoms with Crippen LogP contribution in [0.3, 0.4) is 0 Å². The molecule has 0 aliphatic carbocycles. The van der Waals surface area contributed by atoms with Gasteiger partial charge in [-0.1, -0.05) is 56.1 Å². The molecule has 2 unspecified atom stereocenters. The Morgan fingerprint density at radius 3 is 1.88 bits per heavy atom. The highest BCUT2D eigenvalue weighted by Crippen LogP contribution is 2.51. The Morgan fingerprint density at radius 2 is 1.28 bits per heavy atom. The molecule has 0 spiro atoms.